The molecular weight excluding hydrogens is 545 g/mol. The fraction of sp³-hybridized carbons (Fsp3) is 0.378. The van der Waals surface area contributed by atoms with Crippen LogP contribution in [0.25, 0.3) is 5.57 Å². The van der Waals surface area contributed by atoms with Crippen molar-refractivity contribution in [3.05, 3.63) is 112 Å². The number of nitrogens with zero attached hydrogens (tertiary/aromatic N) is 2. The van der Waals surface area contributed by atoms with E-state index in [1.165, 1.54) is 39.1 Å². The molecule has 0 spiro atoms. The van der Waals surface area contributed by atoms with Crippen LogP contribution < -0.4 is 3.86 Å². The van der Waals surface area contributed by atoms with Gasteiger partial charge in [-0.25, -0.2) is 0 Å². The molecule has 0 aromatic heterocycles. The fourth-order valence-electron chi connectivity index (χ4n) is 5.82. The van der Waals surface area contributed by atoms with Gasteiger partial charge in [0.05, 0.1) is 0 Å². The van der Waals surface area contributed by atoms with E-state index in [9.17, 15) is 0 Å². The molecule has 1 heterocycles. The first-order valence-corrected chi connectivity index (χ1v) is 17.0. The molecule has 4 rings (SSSR count). The van der Waals surface area contributed by atoms with Gasteiger partial charge in [-0.05, 0) is 0 Å². The van der Waals surface area contributed by atoms with Gasteiger partial charge in [0.2, 0.25) is 0 Å². The van der Waals surface area contributed by atoms with Crippen LogP contribution in [-0.2, 0) is 0 Å². The molecule has 1 atom stereocenters. The number of para-hydroxylation sites is 2. The number of hydrogen-bond donors (Lipinski definition) is 0. The predicted molar refractivity (Wildman–Crippen MR) is 177 cm³/mol. The maximum atomic E-state index is 5.50. The molecule has 0 unspecified atom stereocenters. The first-order chi connectivity index (χ1) is 19.0. The van der Waals surface area contributed by atoms with Crippen molar-refractivity contribution < 1.29 is 0 Å². The summed E-state index contributed by atoms with van der Waals surface area (Å²) in [5.74, 6) is 1.69. The van der Waals surface area contributed by atoms with Crippen LogP contribution >= 0.6 is 0 Å². The summed E-state index contributed by atoms with van der Waals surface area (Å²) in [4.78, 5) is 8.03. The quantitative estimate of drug-likeness (QED) is 0.188. The van der Waals surface area contributed by atoms with E-state index in [2.05, 4.69) is 138 Å². The summed E-state index contributed by atoms with van der Waals surface area (Å²) in [7, 11) is 0. The predicted octanol–water partition coefficient (Wildman–Crippen LogP) is 10.6. The van der Waals surface area contributed by atoms with Gasteiger partial charge >= 0.3 is 251 Å². The normalized spacial score (nSPS) is 16.5. The Hall–Kier alpha value is -2.85. The van der Waals surface area contributed by atoms with E-state index < -0.39 is 15.7 Å². The molecule has 1 aliphatic heterocycles. The monoisotopic (exact) mass is 592 g/mol. The van der Waals surface area contributed by atoms with Gasteiger partial charge in [-0.2, -0.15) is 0 Å². The van der Waals surface area contributed by atoms with Crippen molar-refractivity contribution in [2.75, 3.05) is 3.86 Å². The van der Waals surface area contributed by atoms with Crippen LogP contribution in [0.5, 0.6) is 0 Å². The van der Waals surface area contributed by atoms with E-state index >= 15 is 0 Å². The minimum atomic E-state index is -0.622. The molecule has 40 heavy (non-hydrogen) atoms. The van der Waals surface area contributed by atoms with Gasteiger partial charge in [-0.3, -0.25) is 0 Å². The summed E-state index contributed by atoms with van der Waals surface area (Å²) in [5.41, 5.74) is 12.9. The third-order valence-corrected chi connectivity index (χ3v) is 10.5. The Morgan fingerprint density at radius 3 is 1.65 bits per heavy atom. The van der Waals surface area contributed by atoms with Crippen molar-refractivity contribution in [3.63, 3.8) is 0 Å². The second kappa shape index (κ2) is 12.8. The number of anilines is 1. The Balaban J connectivity index is 1.93. The second-order valence-corrected chi connectivity index (χ2v) is 14.4. The Bertz CT molecular complexity index is 1360. The molecule has 0 saturated heterocycles. The van der Waals surface area contributed by atoms with Crippen molar-refractivity contribution in [1.29, 1.82) is 0 Å². The molecule has 0 bridgehead atoms. The van der Waals surface area contributed by atoms with Gasteiger partial charge < -0.3 is 0 Å². The molecular formula is C37H46GeN2. The van der Waals surface area contributed by atoms with E-state index in [1.54, 1.807) is 0 Å². The maximum absolute atomic E-state index is 5.50. The van der Waals surface area contributed by atoms with Crippen LogP contribution in [0.1, 0.15) is 114 Å². The zero-order chi connectivity index (χ0) is 29.1. The van der Waals surface area contributed by atoms with Gasteiger partial charge in [0.15, 0.2) is 0 Å². The van der Waals surface area contributed by atoms with E-state index in [4.69, 9.17) is 11.6 Å². The Labute approximate surface area is 250 Å². The number of hydrogen-bond acceptors (Lipinski definition) is 2. The van der Waals surface area contributed by atoms with E-state index in [1.807, 2.05) is 0 Å². The van der Waals surface area contributed by atoms with Gasteiger partial charge in [-0.15, -0.1) is 0 Å². The molecule has 2 radical (unpaired) electrons. The van der Waals surface area contributed by atoms with Gasteiger partial charge in [0.25, 0.3) is 0 Å². The second-order valence-electron chi connectivity index (χ2n) is 12.3. The van der Waals surface area contributed by atoms with Crippen molar-refractivity contribution >= 4 is 38.3 Å². The molecule has 208 valence electrons. The Morgan fingerprint density at radius 1 is 0.700 bits per heavy atom. The zero-order valence-corrected chi connectivity index (χ0v) is 28.0. The van der Waals surface area contributed by atoms with Crippen LogP contribution in [-0.4, -0.2) is 21.4 Å². The summed E-state index contributed by atoms with van der Waals surface area (Å²) >= 11 is -0.622. The average molecular weight is 591 g/mol. The zero-order valence-electron chi connectivity index (χ0n) is 25.9. The fourth-order valence-corrected chi connectivity index (χ4v) is 8.51. The molecule has 2 nitrogen and oxygen atoms in total. The molecule has 0 saturated carbocycles. The molecule has 0 N–H and O–H groups in total. The van der Waals surface area contributed by atoms with Crippen molar-refractivity contribution in [1.82, 2.24) is 0 Å². The van der Waals surface area contributed by atoms with Gasteiger partial charge in [0, 0.05) is 0 Å². The number of rotatable bonds is 8. The molecule has 1 aliphatic rings. The average Bonchev–Trinajstić information content (AvgIpc) is 2.92. The number of allylic oxidation sites excluding steroid dienone is 1. The van der Waals surface area contributed by atoms with Crippen molar-refractivity contribution in [3.8, 4) is 0 Å². The topological polar surface area (TPSA) is 15.6 Å². The Kier molecular flexibility index (Phi) is 9.61. The molecule has 0 aliphatic carbocycles. The standard InChI is InChI=1S/C37H46GeN2/c1-23(2)30-18-14-19-31(24(3)4)36(30)39-27(9)35-28(10)40(38-22-34(35)29-16-12-11-13-17-29)37-32(25(5)6)20-15-21-33(37)26(7)8/h11-26,35H,10H2,1-9H3/t35-/m0/s1. The van der Waals surface area contributed by atoms with E-state index in [0.29, 0.717) is 23.7 Å². The SMILES string of the molecule is C=C1[C@H](C(C)=Nc2c(C(C)C)cccc2C(C)C)C(c2ccccc2)=[CH][Ge][N]1c1c(C(C)C)cccc1C(C)C. The molecule has 0 fully saturated rings. The molecule has 3 heteroatoms. The van der Waals surface area contributed by atoms with E-state index in [0.717, 1.165) is 17.1 Å². The van der Waals surface area contributed by atoms with Crippen LogP contribution in [0, 0.1) is 5.92 Å². The minimum absolute atomic E-state index is 0.0142. The molecule has 0 amide bonds. The van der Waals surface area contributed by atoms with Crippen LogP contribution in [0.3, 0.4) is 0 Å². The Morgan fingerprint density at radius 2 is 1.18 bits per heavy atom. The summed E-state index contributed by atoms with van der Waals surface area (Å²) in [6, 6.07) is 24.4. The molecule has 3 aromatic rings. The third-order valence-electron chi connectivity index (χ3n) is 8.00. The van der Waals surface area contributed by atoms with Crippen molar-refractivity contribution in [2.45, 2.75) is 86.0 Å². The van der Waals surface area contributed by atoms with Gasteiger partial charge in [-0.1, -0.05) is 0 Å². The summed E-state index contributed by atoms with van der Waals surface area (Å²) in [5, 5.41) is 0. The van der Waals surface area contributed by atoms with Crippen LogP contribution in [0.4, 0.5) is 11.4 Å². The van der Waals surface area contributed by atoms with Crippen LogP contribution in [0.15, 0.2) is 88.9 Å². The van der Waals surface area contributed by atoms with Crippen LogP contribution in [0.2, 0.25) is 0 Å². The summed E-state index contributed by atoms with van der Waals surface area (Å²) in [6.07, 6.45) is 0. The number of aliphatic imine (C=N–C) groups is 1. The van der Waals surface area contributed by atoms with E-state index in [-0.39, 0.29) is 5.92 Å². The summed E-state index contributed by atoms with van der Waals surface area (Å²) < 4.78 is 2.60. The van der Waals surface area contributed by atoms with Crippen molar-refractivity contribution in [2.24, 2.45) is 10.9 Å². The summed E-state index contributed by atoms with van der Waals surface area (Å²) in [6.45, 7) is 25.4. The third kappa shape index (κ3) is 6.08. The van der Waals surface area contributed by atoms with Gasteiger partial charge in [0.1, 0.15) is 0 Å². The molecule has 3 aromatic carbocycles. The first-order valence-electron chi connectivity index (χ1n) is 14.8. The first kappa shape index (κ1) is 30.1. The number of benzene rings is 3.